The van der Waals surface area contributed by atoms with E-state index in [1.165, 1.54) is 0 Å². The molecule has 0 radical (unpaired) electrons. The molecule has 1 aliphatic rings. The van der Waals surface area contributed by atoms with Crippen LogP contribution in [0.2, 0.25) is 0 Å². The van der Waals surface area contributed by atoms with E-state index in [2.05, 4.69) is 16.0 Å². The first-order valence-electron chi connectivity index (χ1n) is 11.4. The summed E-state index contributed by atoms with van der Waals surface area (Å²) in [7, 11) is 0. The number of benzene rings is 2. The van der Waals surface area contributed by atoms with Crippen LogP contribution in [0.3, 0.4) is 0 Å². The quantitative estimate of drug-likeness (QED) is 0.439. The van der Waals surface area contributed by atoms with Gasteiger partial charge in [-0.3, -0.25) is 4.79 Å². The highest BCUT2D eigenvalue weighted by Gasteiger charge is 2.29. The van der Waals surface area contributed by atoms with Crippen molar-refractivity contribution in [1.29, 1.82) is 0 Å². The molecular weight excluding hydrogens is 415 g/mol. The van der Waals surface area contributed by atoms with Crippen molar-refractivity contribution in [2.45, 2.75) is 13.5 Å². The van der Waals surface area contributed by atoms with Crippen molar-refractivity contribution in [3.05, 3.63) is 84.1 Å². The number of fused-ring (bicyclic) bond motifs is 1. The Labute approximate surface area is 193 Å². The third kappa shape index (κ3) is 3.97. The molecule has 6 heteroatoms. The number of hydrogen-bond acceptors (Lipinski definition) is 3. The van der Waals surface area contributed by atoms with Crippen LogP contribution in [-0.2, 0) is 6.54 Å². The fourth-order valence-electron chi connectivity index (χ4n) is 4.68. The summed E-state index contributed by atoms with van der Waals surface area (Å²) >= 11 is 0. The van der Waals surface area contributed by atoms with E-state index in [1.807, 2.05) is 83.3 Å². The van der Waals surface area contributed by atoms with Crippen molar-refractivity contribution < 1.29 is 9.18 Å². The SMILES string of the molecule is Cc1ccc(N2CCN(C(=O)c3c(-c4ccccc4)n(CCF)c4ccccc34)CC2)nc1. The summed E-state index contributed by atoms with van der Waals surface area (Å²) < 4.78 is 15.5. The smallest absolute Gasteiger partial charge is 0.256 e. The molecule has 0 bridgehead atoms. The zero-order valence-electron chi connectivity index (χ0n) is 18.7. The number of anilines is 1. The van der Waals surface area contributed by atoms with Crippen LogP contribution >= 0.6 is 0 Å². The summed E-state index contributed by atoms with van der Waals surface area (Å²) in [5.74, 6) is 0.941. The Kier molecular flexibility index (Phi) is 5.82. The van der Waals surface area contributed by atoms with Gasteiger partial charge in [0, 0.05) is 43.3 Å². The van der Waals surface area contributed by atoms with E-state index in [4.69, 9.17) is 0 Å². The lowest BCUT2D eigenvalue weighted by Gasteiger charge is -2.35. The zero-order valence-corrected chi connectivity index (χ0v) is 18.7. The maximum atomic E-state index is 13.9. The monoisotopic (exact) mass is 442 g/mol. The van der Waals surface area contributed by atoms with E-state index in [0.29, 0.717) is 18.7 Å². The number of nitrogens with zero attached hydrogens (tertiary/aromatic N) is 4. The van der Waals surface area contributed by atoms with Crippen LogP contribution in [0.15, 0.2) is 72.9 Å². The number of piperazine rings is 1. The maximum absolute atomic E-state index is 13.9. The number of hydrogen-bond donors (Lipinski definition) is 0. The van der Waals surface area contributed by atoms with Gasteiger partial charge >= 0.3 is 0 Å². The lowest BCUT2D eigenvalue weighted by molar-refractivity contribution is 0.0749. The highest BCUT2D eigenvalue weighted by Crippen LogP contribution is 2.35. The molecule has 1 amide bonds. The van der Waals surface area contributed by atoms with Gasteiger partial charge in [0.15, 0.2) is 0 Å². The molecule has 1 fully saturated rings. The Morgan fingerprint density at radius 2 is 1.67 bits per heavy atom. The Hall–Kier alpha value is -3.67. The molecule has 1 aliphatic heterocycles. The molecule has 2 aromatic carbocycles. The van der Waals surface area contributed by atoms with E-state index in [0.717, 1.165) is 46.6 Å². The van der Waals surface area contributed by atoms with Crippen LogP contribution in [0.1, 0.15) is 15.9 Å². The van der Waals surface area contributed by atoms with E-state index in [1.54, 1.807) is 0 Å². The Morgan fingerprint density at radius 1 is 0.939 bits per heavy atom. The van der Waals surface area contributed by atoms with Gasteiger partial charge in [-0.05, 0) is 30.2 Å². The van der Waals surface area contributed by atoms with Crippen LogP contribution in [0, 0.1) is 6.92 Å². The molecule has 5 rings (SSSR count). The summed E-state index contributed by atoms with van der Waals surface area (Å²) in [6, 6.07) is 21.7. The molecule has 0 atom stereocenters. The molecule has 168 valence electrons. The normalized spacial score (nSPS) is 14.1. The van der Waals surface area contributed by atoms with Crippen LogP contribution in [0.4, 0.5) is 10.2 Å². The second-order valence-electron chi connectivity index (χ2n) is 8.42. The average molecular weight is 443 g/mol. The summed E-state index contributed by atoms with van der Waals surface area (Å²) in [6.07, 6.45) is 1.87. The van der Waals surface area contributed by atoms with Crippen LogP contribution in [0.25, 0.3) is 22.2 Å². The molecular formula is C27H27FN4O. The predicted octanol–water partition coefficient (Wildman–Crippen LogP) is 4.94. The maximum Gasteiger partial charge on any atom is 0.256 e. The summed E-state index contributed by atoms with van der Waals surface area (Å²) in [5, 5.41) is 0.873. The van der Waals surface area contributed by atoms with Crippen molar-refractivity contribution in [3.8, 4) is 11.3 Å². The Morgan fingerprint density at radius 3 is 2.36 bits per heavy atom. The molecule has 0 spiro atoms. The first-order chi connectivity index (χ1) is 16.2. The molecule has 4 aromatic rings. The van der Waals surface area contributed by atoms with Gasteiger partial charge in [-0.25, -0.2) is 9.37 Å². The minimum Gasteiger partial charge on any atom is -0.353 e. The van der Waals surface area contributed by atoms with Crippen molar-refractivity contribution in [1.82, 2.24) is 14.5 Å². The fourth-order valence-corrected chi connectivity index (χ4v) is 4.68. The van der Waals surface area contributed by atoms with Crippen LogP contribution in [-0.4, -0.2) is 53.2 Å². The van der Waals surface area contributed by atoms with Gasteiger partial charge in [0.25, 0.3) is 5.91 Å². The number of carbonyl (C=O) groups is 1. The van der Waals surface area contributed by atoms with Gasteiger partial charge in [-0.2, -0.15) is 0 Å². The first-order valence-corrected chi connectivity index (χ1v) is 11.4. The lowest BCUT2D eigenvalue weighted by atomic mass is 10.0. The number of rotatable bonds is 5. The number of amides is 1. The zero-order chi connectivity index (χ0) is 22.8. The first kappa shape index (κ1) is 21.2. The third-order valence-electron chi connectivity index (χ3n) is 6.33. The summed E-state index contributed by atoms with van der Waals surface area (Å²) in [6.45, 7) is 4.43. The topological polar surface area (TPSA) is 41.4 Å². The van der Waals surface area contributed by atoms with Crippen molar-refractivity contribution >= 4 is 22.6 Å². The number of pyridine rings is 1. The van der Waals surface area contributed by atoms with Crippen LogP contribution in [0.5, 0.6) is 0 Å². The molecule has 0 N–H and O–H groups in total. The van der Waals surface area contributed by atoms with Crippen molar-refractivity contribution in [2.24, 2.45) is 0 Å². The van der Waals surface area contributed by atoms with Gasteiger partial charge in [-0.1, -0.05) is 54.6 Å². The predicted molar refractivity (Wildman–Crippen MR) is 130 cm³/mol. The summed E-state index contributed by atoms with van der Waals surface area (Å²) in [4.78, 5) is 22.6. The van der Waals surface area contributed by atoms with Gasteiger partial charge in [0.1, 0.15) is 12.5 Å². The number of halogens is 1. The van der Waals surface area contributed by atoms with E-state index >= 15 is 0 Å². The average Bonchev–Trinajstić information content (AvgIpc) is 3.19. The number of para-hydroxylation sites is 1. The lowest BCUT2D eigenvalue weighted by Crippen LogP contribution is -2.49. The van der Waals surface area contributed by atoms with Gasteiger partial charge < -0.3 is 14.4 Å². The number of alkyl halides is 1. The second-order valence-corrected chi connectivity index (χ2v) is 8.42. The Bertz CT molecular complexity index is 1260. The Balaban J connectivity index is 1.50. The molecule has 0 saturated carbocycles. The molecule has 0 aliphatic carbocycles. The number of carbonyl (C=O) groups excluding carboxylic acids is 1. The number of aromatic nitrogens is 2. The van der Waals surface area contributed by atoms with Crippen LogP contribution < -0.4 is 4.90 Å². The highest BCUT2D eigenvalue weighted by molar-refractivity contribution is 6.12. The van der Waals surface area contributed by atoms with Crippen molar-refractivity contribution in [2.75, 3.05) is 37.8 Å². The van der Waals surface area contributed by atoms with E-state index < -0.39 is 6.67 Å². The summed E-state index contributed by atoms with van der Waals surface area (Å²) in [5.41, 5.74) is 4.40. The molecule has 1 saturated heterocycles. The number of aryl methyl sites for hydroxylation is 2. The molecule has 33 heavy (non-hydrogen) atoms. The standard InChI is InChI=1S/C27H27FN4O/c1-20-11-12-24(29-19-20)30-15-17-31(18-16-30)27(33)25-22-9-5-6-10-23(22)32(14-13-28)26(25)21-7-3-2-4-8-21/h2-12,19H,13-18H2,1H3. The van der Waals surface area contributed by atoms with Gasteiger partial charge in [0.05, 0.1) is 17.8 Å². The second kappa shape index (κ2) is 9.06. The molecule has 5 nitrogen and oxygen atoms in total. The molecule has 2 aromatic heterocycles. The minimum absolute atomic E-state index is 0.000762. The third-order valence-corrected chi connectivity index (χ3v) is 6.33. The molecule has 0 unspecified atom stereocenters. The van der Waals surface area contributed by atoms with E-state index in [9.17, 15) is 9.18 Å². The molecule has 3 heterocycles. The largest absolute Gasteiger partial charge is 0.353 e. The van der Waals surface area contributed by atoms with Crippen molar-refractivity contribution in [3.63, 3.8) is 0 Å². The van der Waals surface area contributed by atoms with Gasteiger partial charge in [-0.15, -0.1) is 0 Å². The highest BCUT2D eigenvalue weighted by atomic mass is 19.1. The van der Waals surface area contributed by atoms with Gasteiger partial charge in [0.2, 0.25) is 0 Å². The minimum atomic E-state index is -0.492. The van der Waals surface area contributed by atoms with E-state index in [-0.39, 0.29) is 12.5 Å². The fraction of sp³-hybridized carbons (Fsp3) is 0.259.